The van der Waals surface area contributed by atoms with Gasteiger partial charge in [-0.3, -0.25) is 0 Å². The molecule has 1 aromatic carbocycles. The summed E-state index contributed by atoms with van der Waals surface area (Å²) in [6, 6.07) is 5.32. The Morgan fingerprint density at radius 1 is 1.12 bits per heavy atom. The zero-order chi connectivity index (χ0) is 19.5. The highest BCUT2D eigenvalue weighted by molar-refractivity contribution is 5.68. The van der Waals surface area contributed by atoms with Crippen LogP contribution in [0.15, 0.2) is 30.5 Å². The Kier molecular flexibility index (Phi) is 6.26. The third-order valence-corrected chi connectivity index (χ3v) is 4.14. The fourth-order valence-corrected chi connectivity index (χ4v) is 2.97. The van der Waals surface area contributed by atoms with Crippen molar-refractivity contribution in [2.45, 2.75) is 40.3 Å². The number of pyridine rings is 1. The summed E-state index contributed by atoms with van der Waals surface area (Å²) in [4.78, 5) is 3.51. The van der Waals surface area contributed by atoms with E-state index in [-0.39, 0.29) is 29.4 Å². The number of ether oxygens (including phenoxy) is 1. The molecule has 2 aromatic rings. The number of halogens is 4. The fourth-order valence-electron chi connectivity index (χ4n) is 2.97. The minimum absolute atomic E-state index is 0.146. The Labute approximate surface area is 151 Å². The van der Waals surface area contributed by atoms with Gasteiger partial charge in [-0.2, -0.15) is 17.6 Å². The Morgan fingerprint density at radius 3 is 2.42 bits per heavy atom. The first-order valence-corrected chi connectivity index (χ1v) is 8.55. The summed E-state index contributed by atoms with van der Waals surface area (Å²) in [6.07, 6.45) is -2.45. The number of nitrogens with zero attached hydrogens (tertiary/aromatic N) is 1. The number of rotatable bonds is 6. The quantitative estimate of drug-likeness (QED) is 0.442. The number of aromatic nitrogens is 1. The maximum atomic E-state index is 13.6. The molecule has 6 heteroatoms. The largest absolute Gasteiger partial charge is 0.493 e. The molecule has 142 valence electrons. The summed E-state index contributed by atoms with van der Waals surface area (Å²) in [5.74, 6) is -0.308. The van der Waals surface area contributed by atoms with Gasteiger partial charge in [0.15, 0.2) is 0 Å². The third-order valence-electron chi connectivity index (χ3n) is 4.14. The van der Waals surface area contributed by atoms with E-state index in [9.17, 15) is 17.6 Å². The second kappa shape index (κ2) is 8.06. The first-order valence-electron chi connectivity index (χ1n) is 8.55. The zero-order valence-electron chi connectivity index (χ0n) is 15.3. The van der Waals surface area contributed by atoms with Crippen LogP contribution in [-0.2, 0) is 6.18 Å². The van der Waals surface area contributed by atoms with Crippen molar-refractivity contribution in [3.63, 3.8) is 0 Å². The molecule has 1 aromatic heterocycles. The number of alkyl halides is 3. The van der Waals surface area contributed by atoms with Gasteiger partial charge in [0.2, 0.25) is 5.95 Å². The standard InChI is InChI=1S/C20H23F4NO/c1-12(2)9-13(3)11-26-18-6-5-15(10-17(18)20(22,23)24)16-7-8-25-19(21)14(16)4/h5-8,10,12-13H,9,11H2,1-4H3/t13-/m0/s1. The molecule has 0 aliphatic carbocycles. The van der Waals surface area contributed by atoms with Gasteiger partial charge in [0.05, 0.1) is 12.2 Å². The molecule has 0 saturated heterocycles. The highest BCUT2D eigenvalue weighted by atomic mass is 19.4. The average Bonchev–Trinajstić information content (AvgIpc) is 2.54. The van der Waals surface area contributed by atoms with Crippen molar-refractivity contribution in [3.05, 3.63) is 47.5 Å². The Hall–Kier alpha value is -2.11. The zero-order valence-corrected chi connectivity index (χ0v) is 15.3. The second-order valence-corrected chi connectivity index (χ2v) is 7.03. The molecule has 0 amide bonds. The van der Waals surface area contributed by atoms with Crippen LogP contribution in [0.3, 0.4) is 0 Å². The van der Waals surface area contributed by atoms with E-state index in [1.807, 2.05) is 6.92 Å². The maximum absolute atomic E-state index is 13.6. The molecule has 0 aliphatic heterocycles. The normalized spacial score (nSPS) is 13.1. The molecule has 0 N–H and O–H groups in total. The van der Waals surface area contributed by atoms with Gasteiger partial charge in [-0.05, 0) is 54.5 Å². The Balaban J connectivity index is 2.35. The molecule has 26 heavy (non-hydrogen) atoms. The van der Waals surface area contributed by atoms with E-state index in [0.717, 1.165) is 12.5 Å². The van der Waals surface area contributed by atoms with Crippen LogP contribution in [0.4, 0.5) is 17.6 Å². The van der Waals surface area contributed by atoms with E-state index in [2.05, 4.69) is 18.8 Å². The predicted octanol–water partition coefficient (Wildman–Crippen LogP) is 6.28. The summed E-state index contributed by atoms with van der Waals surface area (Å²) in [6.45, 7) is 7.77. The fraction of sp³-hybridized carbons (Fsp3) is 0.450. The van der Waals surface area contributed by atoms with Gasteiger partial charge in [0.1, 0.15) is 5.75 Å². The van der Waals surface area contributed by atoms with Crippen molar-refractivity contribution in [2.24, 2.45) is 11.8 Å². The van der Waals surface area contributed by atoms with Gasteiger partial charge >= 0.3 is 6.18 Å². The lowest BCUT2D eigenvalue weighted by atomic mass is 9.99. The molecule has 1 heterocycles. The first-order chi connectivity index (χ1) is 12.1. The van der Waals surface area contributed by atoms with E-state index >= 15 is 0 Å². The lowest BCUT2D eigenvalue weighted by molar-refractivity contribution is -0.139. The van der Waals surface area contributed by atoms with Crippen LogP contribution in [-0.4, -0.2) is 11.6 Å². The Bertz CT molecular complexity index is 756. The highest BCUT2D eigenvalue weighted by Gasteiger charge is 2.35. The summed E-state index contributed by atoms with van der Waals surface area (Å²) >= 11 is 0. The van der Waals surface area contributed by atoms with Gasteiger partial charge in [-0.25, -0.2) is 4.98 Å². The van der Waals surface area contributed by atoms with Crippen molar-refractivity contribution in [1.82, 2.24) is 4.98 Å². The van der Waals surface area contributed by atoms with Gasteiger partial charge in [0.25, 0.3) is 0 Å². The van der Waals surface area contributed by atoms with Crippen molar-refractivity contribution >= 4 is 0 Å². The second-order valence-electron chi connectivity index (χ2n) is 7.03. The summed E-state index contributed by atoms with van der Waals surface area (Å²) in [5.41, 5.74) is 0.00430. The van der Waals surface area contributed by atoms with E-state index < -0.39 is 17.7 Å². The molecule has 0 fully saturated rings. The van der Waals surface area contributed by atoms with Crippen LogP contribution < -0.4 is 4.74 Å². The summed E-state index contributed by atoms with van der Waals surface area (Å²) in [7, 11) is 0. The first kappa shape index (κ1) is 20.2. The van der Waals surface area contributed by atoms with Crippen molar-refractivity contribution < 1.29 is 22.3 Å². The van der Waals surface area contributed by atoms with Crippen LogP contribution in [0.1, 0.15) is 38.3 Å². The summed E-state index contributed by atoms with van der Waals surface area (Å²) in [5, 5.41) is 0. The van der Waals surface area contributed by atoms with Gasteiger partial charge < -0.3 is 4.74 Å². The van der Waals surface area contributed by atoms with E-state index in [1.165, 1.54) is 31.3 Å². The van der Waals surface area contributed by atoms with Crippen LogP contribution >= 0.6 is 0 Å². The number of hydrogen-bond donors (Lipinski definition) is 0. The van der Waals surface area contributed by atoms with Crippen LogP contribution in [0, 0.1) is 24.7 Å². The molecular formula is C20H23F4NO. The lowest BCUT2D eigenvalue weighted by Gasteiger charge is -2.19. The topological polar surface area (TPSA) is 22.1 Å². The molecule has 0 aliphatic rings. The Morgan fingerprint density at radius 2 is 1.81 bits per heavy atom. The van der Waals surface area contributed by atoms with E-state index in [4.69, 9.17) is 4.74 Å². The maximum Gasteiger partial charge on any atom is 0.419 e. The average molecular weight is 369 g/mol. The minimum atomic E-state index is -4.56. The third kappa shape index (κ3) is 4.96. The van der Waals surface area contributed by atoms with Crippen LogP contribution in [0.25, 0.3) is 11.1 Å². The number of benzene rings is 1. The van der Waals surface area contributed by atoms with Gasteiger partial charge in [-0.15, -0.1) is 0 Å². The highest BCUT2D eigenvalue weighted by Crippen LogP contribution is 2.39. The smallest absolute Gasteiger partial charge is 0.419 e. The van der Waals surface area contributed by atoms with Gasteiger partial charge in [-0.1, -0.05) is 26.8 Å². The predicted molar refractivity (Wildman–Crippen MR) is 93.5 cm³/mol. The van der Waals surface area contributed by atoms with Crippen LogP contribution in [0.5, 0.6) is 5.75 Å². The molecular weight excluding hydrogens is 346 g/mol. The molecule has 0 unspecified atom stereocenters. The SMILES string of the molecule is Cc1c(-c2ccc(OC[C@@H](C)CC(C)C)c(C(F)(F)F)c2)ccnc1F. The lowest BCUT2D eigenvalue weighted by Crippen LogP contribution is -2.14. The molecule has 0 spiro atoms. The van der Waals surface area contributed by atoms with Gasteiger partial charge in [0, 0.05) is 11.8 Å². The van der Waals surface area contributed by atoms with Crippen LogP contribution in [0.2, 0.25) is 0 Å². The molecule has 0 saturated carbocycles. The number of hydrogen-bond acceptors (Lipinski definition) is 2. The molecule has 1 atom stereocenters. The van der Waals surface area contributed by atoms with Crippen molar-refractivity contribution in [2.75, 3.05) is 6.61 Å². The molecule has 2 nitrogen and oxygen atoms in total. The van der Waals surface area contributed by atoms with Crippen molar-refractivity contribution in [1.29, 1.82) is 0 Å². The molecule has 0 bridgehead atoms. The minimum Gasteiger partial charge on any atom is -0.493 e. The van der Waals surface area contributed by atoms with Crippen molar-refractivity contribution in [3.8, 4) is 16.9 Å². The van der Waals surface area contributed by atoms with E-state index in [1.54, 1.807) is 0 Å². The van der Waals surface area contributed by atoms with E-state index in [0.29, 0.717) is 11.5 Å². The summed E-state index contributed by atoms with van der Waals surface area (Å²) < 4.78 is 59.6. The molecule has 0 radical (unpaired) electrons. The molecule has 2 rings (SSSR count). The monoisotopic (exact) mass is 369 g/mol.